The zero-order chi connectivity index (χ0) is 11.7. The number of amides is 1. The average Bonchev–Trinajstić information content (AvgIpc) is 2.63. The molecule has 4 heteroatoms. The summed E-state index contributed by atoms with van der Waals surface area (Å²) in [6.45, 7) is 6.91. The van der Waals surface area contributed by atoms with Crippen molar-refractivity contribution in [1.29, 1.82) is 0 Å². The summed E-state index contributed by atoms with van der Waals surface area (Å²) < 4.78 is 0. The molecule has 1 unspecified atom stereocenters. The molecular formula is C12H18N2OS. The van der Waals surface area contributed by atoms with Crippen LogP contribution in [-0.2, 0) is 4.79 Å². The van der Waals surface area contributed by atoms with E-state index in [1.807, 2.05) is 4.90 Å². The quantitative estimate of drug-likeness (QED) is 0.859. The van der Waals surface area contributed by atoms with Crippen molar-refractivity contribution in [3.63, 3.8) is 0 Å². The first-order valence-electron chi connectivity index (χ1n) is 5.69. The summed E-state index contributed by atoms with van der Waals surface area (Å²) in [5.41, 5.74) is 2.15. The van der Waals surface area contributed by atoms with E-state index in [1.54, 1.807) is 18.3 Å². The Morgan fingerprint density at radius 2 is 2.38 bits per heavy atom. The summed E-state index contributed by atoms with van der Waals surface area (Å²) in [6, 6.07) is 0.291. The van der Waals surface area contributed by atoms with E-state index in [2.05, 4.69) is 29.9 Å². The van der Waals surface area contributed by atoms with Crippen LogP contribution in [-0.4, -0.2) is 18.5 Å². The maximum Gasteiger partial charge on any atom is 0.224 e. The molecule has 0 saturated heterocycles. The zero-order valence-corrected chi connectivity index (χ0v) is 10.8. The van der Waals surface area contributed by atoms with E-state index in [0.717, 1.165) is 24.3 Å². The number of fused-ring (bicyclic) bond motifs is 1. The second kappa shape index (κ2) is 4.45. The number of thiophene rings is 1. The minimum atomic E-state index is 0.145. The Morgan fingerprint density at radius 1 is 1.62 bits per heavy atom. The van der Waals surface area contributed by atoms with Gasteiger partial charge in [0.05, 0.1) is 17.4 Å². The van der Waals surface area contributed by atoms with Crippen molar-refractivity contribution in [2.45, 2.75) is 33.2 Å². The summed E-state index contributed by atoms with van der Waals surface area (Å²) in [6.07, 6.45) is 1.04. The van der Waals surface area contributed by atoms with Gasteiger partial charge in [-0.15, -0.1) is 11.3 Å². The molecule has 88 valence electrons. The van der Waals surface area contributed by atoms with Crippen molar-refractivity contribution < 1.29 is 4.79 Å². The lowest BCUT2D eigenvalue weighted by Crippen LogP contribution is -2.46. The van der Waals surface area contributed by atoms with Crippen molar-refractivity contribution >= 4 is 28.6 Å². The molecule has 2 heterocycles. The van der Waals surface area contributed by atoms with E-state index in [1.165, 1.54) is 0 Å². The molecule has 0 aliphatic carbocycles. The van der Waals surface area contributed by atoms with Gasteiger partial charge in [0.1, 0.15) is 0 Å². The maximum absolute atomic E-state index is 11.8. The number of hydrogen-bond donors (Lipinski definition) is 1. The molecule has 1 aromatic rings. The molecule has 1 N–H and O–H groups in total. The number of nitrogens with zero attached hydrogens (tertiary/aromatic N) is 1. The minimum Gasteiger partial charge on any atom is -0.381 e. The first kappa shape index (κ1) is 11.5. The number of carbonyl (C=O) groups excluding carboxylic acids is 1. The summed E-state index contributed by atoms with van der Waals surface area (Å²) >= 11 is 1.64. The largest absolute Gasteiger partial charge is 0.381 e. The summed E-state index contributed by atoms with van der Waals surface area (Å²) in [5.74, 6) is 0.751. The van der Waals surface area contributed by atoms with E-state index >= 15 is 0 Å². The van der Waals surface area contributed by atoms with Gasteiger partial charge in [0, 0.05) is 24.2 Å². The third-order valence-electron chi connectivity index (χ3n) is 2.88. The number of carbonyl (C=O) groups is 1. The highest BCUT2D eigenvalue weighted by molar-refractivity contribution is 7.09. The molecule has 0 spiro atoms. The Labute approximate surface area is 100 Å². The van der Waals surface area contributed by atoms with Gasteiger partial charge in [0.2, 0.25) is 5.91 Å². The third kappa shape index (κ3) is 2.07. The van der Waals surface area contributed by atoms with Crippen LogP contribution in [0, 0.1) is 5.92 Å². The van der Waals surface area contributed by atoms with E-state index < -0.39 is 0 Å². The van der Waals surface area contributed by atoms with Crippen molar-refractivity contribution in [3.8, 4) is 0 Å². The predicted molar refractivity (Wildman–Crippen MR) is 69.2 cm³/mol. The van der Waals surface area contributed by atoms with Crippen LogP contribution in [0.4, 0.5) is 11.4 Å². The molecule has 1 aliphatic rings. The first-order chi connectivity index (χ1) is 7.59. The van der Waals surface area contributed by atoms with E-state index in [0.29, 0.717) is 12.0 Å². The Balaban J connectivity index is 2.27. The molecule has 0 aromatic carbocycles. The third-order valence-corrected chi connectivity index (χ3v) is 3.61. The lowest BCUT2D eigenvalue weighted by Gasteiger charge is -2.36. The molecule has 3 nitrogen and oxygen atoms in total. The van der Waals surface area contributed by atoms with Gasteiger partial charge in [-0.25, -0.2) is 0 Å². The molecule has 0 saturated carbocycles. The summed E-state index contributed by atoms with van der Waals surface area (Å²) in [7, 11) is 0. The number of hydrogen-bond acceptors (Lipinski definition) is 3. The smallest absolute Gasteiger partial charge is 0.224 e. The van der Waals surface area contributed by atoms with E-state index in [-0.39, 0.29) is 5.91 Å². The van der Waals surface area contributed by atoms with Crippen LogP contribution in [0.1, 0.15) is 27.2 Å². The van der Waals surface area contributed by atoms with Crippen LogP contribution in [0.15, 0.2) is 10.8 Å². The zero-order valence-electron chi connectivity index (χ0n) is 9.99. The van der Waals surface area contributed by atoms with Crippen LogP contribution in [0.5, 0.6) is 0 Å². The molecular weight excluding hydrogens is 220 g/mol. The molecule has 1 aliphatic heterocycles. The standard InChI is InChI=1S/C12H18N2OS/c1-8(2)4-10-5-13-11-6-16-7-12(11)14(10)9(3)15/h6-8,10,13H,4-5H2,1-3H3. The Morgan fingerprint density at radius 3 is 3.00 bits per heavy atom. The molecule has 1 amide bonds. The second-order valence-corrected chi connectivity index (χ2v) is 5.47. The molecule has 1 atom stereocenters. The van der Waals surface area contributed by atoms with Crippen LogP contribution in [0.3, 0.4) is 0 Å². The molecule has 1 aromatic heterocycles. The number of rotatable bonds is 2. The molecule has 2 rings (SSSR count). The summed E-state index contributed by atoms with van der Waals surface area (Å²) in [5, 5.41) is 7.52. The van der Waals surface area contributed by atoms with E-state index in [9.17, 15) is 4.79 Å². The predicted octanol–water partition coefficient (Wildman–Crippen LogP) is 2.94. The highest BCUT2D eigenvalue weighted by Gasteiger charge is 2.29. The fourth-order valence-corrected chi connectivity index (χ4v) is 3.06. The second-order valence-electron chi connectivity index (χ2n) is 4.72. The van der Waals surface area contributed by atoms with Gasteiger partial charge in [-0.3, -0.25) is 4.79 Å². The van der Waals surface area contributed by atoms with E-state index in [4.69, 9.17) is 0 Å². The van der Waals surface area contributed by atoms with Crippen LogP contribution >= 0.6 is 11.3 Å². The lowest BCUT2D eigenvalue weighted by atomic mass is 10.00. The molecule has 0 bridgehead atoms. The lowest BCUT2D eigenvalue weighted by molar-refractivity contribution is -0.117. The van der Waals surface area contributed by atoms with Gasteiger partial charge in [-0.1, -0.05) is 13.8 Å². The van der Waals surface area contributed by atoms with Gasteiger partial charge in [0.15, 0.2) is 0 Å². The van der Waals surface area contributed by atoms with Crippen molar-refractivity contribution in [3.05, 3.63) is 10.8 Å². The monoisotopic (exact) mass is 238 g/mol. The minimum absolute atomic E-state index is 0.145. The molecule has 16 heavy (non-hydrogen) atoms. The fourth-order valence-electron chi connectivity index (χ4n) is 2.28. The fraction of sp³-hybridized carbons (Fsp3) is 0.583. The van der Waals surface area contributed by atoms with Gasteiger partial charge in [-0.2, -0.15) is 0 Å². The highest BCUT2D eigenvalue weighted by atomic mass is 32.1. The maximum atomic E-state index is 11.8. The molecule has 0 fully saturated rings. The molecule has 0 radical (unpaired) electrons. The average molecular weight is 238 g/mol. The van der Waals surface area contributed by atoms with Crippen molar-refractivity contribution in [2.75, 3.05) is 16.8 Å². The van der Waals surface area contributed by atoms with Gasteiger partial charge < -0.3 is 10.2 Å². The first-order valence-corrected chi connectivity index (χ1v) is 6.63. The van der Waals surface area contributed by atoms with Crippen molar-refractivity contribution in [2.24, 2.45) is 5.92 Å². The Hall–Kier alpha value is -1.03. The topological polar surface area (TPSA) is 32.3 Å². The van der Waals surface area contributed by atoms with Crippen LogP contribution in [0.25, 0.3) is 0 Å². The highest BCUT2D eigenvalue weighted by Crippen LogP contribution is 2.36. The Bertz CT molecular complexity index is 386. The number of nitrogens with one attached hydrogen (secondary N) is 1. The van der Waals surface area contributed by atoms with Crippen molar-refractivity contribution in [1.82, 2.24) is 0 Å². The normalized spacial score (nSPS) is 19.5. The van der Waals surface area contributed by atoms with Gasteiger partial charge in [-0.05, 0) is 12.3 Å². The number of anilines is 2. The SMILES string of the molecule is CC(=O)N1c2cscc2NCC1CC(C)C. The van der Waals surface area contributed by atoms with Gasteiger partial charge >= 0.3 is 0 Å². The summed E-state index contributed by atoms with van der Waals surface area (Å²) in [4.78, 5) is 13.7. The van der Waals surface area contributed by atoms with Crippen LogP contribution in [0.2, 0.25) is 0 Å². The Kier molecular flexibility index (Phi) is 3.19. The van der Waals surface area contributed by atoms with Gasteiger partial charge in [0.25, 0.3) is 0 Å². The van der Waals surface area contributed by atoms with Crippen LogP contribution < -0.4 is 10.2 Å².